The van der Waals surface area contributed by atoms with Crippen LogP contribution >= 0.6 is 11.8 Å². The number of piperidine rings is 1. The fourth-order valence-corrected chi connectivity index (χ4v) is 3.19. The maximum Gasteiger partial charge on any atom is 0.179 e. The molecule has 2 rings (SSSR count). The van der Waals surface area contributed by atoms with Crippen molar-refractivity contribution in [1.82, 2.24) is 4.90 Å². The highest BCUT2D eigenvalue weighted by molar-refractivity contribution is 7.99. The number of hydrogen-bond acceptors (Lipinski definition) is 3. The molecule has 0 amide bonds. The van der Waals surface area contributed by atoms with E-state index in [4.69, 9.17) is 0 Å². The van der Waals surface area contributed by atoms with Crippen LogP contribution in [0.2, 0.25) is 0 Å². The second-order valence-corrected chi connectivity index (χ2v) is 6.02. The van der Waals surface area contributed by atoms with Gasteiger partial charge in [0.05, 0.1) is 6.04 Å². The summed E-state index contributed by atoms with van der Waals surface area (Å²) in [4.78, 5) is 14.7. The average Bonchev–Trinajstić information content (AvgIpc) is 2.47. The van der Waals surface area contributed by atoms with Gasteiger partial charge in [-0.1, -0.05) is 30.3 Å². The number of nitrogens with zero attached hydrogens (tertiary/aromatic N) is 1. The van der Waals surface area contributed by atoms with Crippen LogP contribution in [0.4, 0.5) is 0 Å². The van der Waals surface area contributed by atoms with Crippen LogP contribution in [0, 0.1) is 0 Å². The summed E-state index contributed by atoms with van der Waals surface area (Å²) in [5.74, 6) is 0.248. The number of carbonyl (C=O) groups excluding carboxylic acids is 1. The number of thioether (sulfide) groups is 1. The first-order valence-corrected chi connectivity index (χ1v) is 7.87. The second kappa shape index (κ2) is 6.39. The van der Waals surface area contributed by atoms with Crippen LogP contribution in [0.5, 0.6) is 0 Å². The van der Waals surface area contributed by atoms with Gasteiger partial charge in [0.25, 0.3) is 0 Å². The van der Waals surface area contributed by atoms with Gasteiger partial charge in [-0.2, -0.15) is 11.8 Å². The summed E-state index contributed by atoms with van der Waals surface area (Å²) in [6.45, 7) is 4.13. The third-order valence-corrected chi connectivity index (χ3v) is 4.93. The summed E-state index contributed by atoms with van der Waals surface area (Å²) >= 11 is 1.95. The van der Waals surface area contributed by atoms with Crippen molar-refractivity contribution < 1.29 is 4.79 Å². The van der Waals surface area contributed by atoms with Gasteiger partial charge in [-0.15, -0.1) is 0 Å². The normalized spacial score (nSPS) is 19.7. The van der Waals surface area contributed by atoms with E-state index in [1.54, 1.807) is 0 Å². The van der Waals surface area contributed by atoms with Crippen molar-refractivity contribution in [2.24, 2.45) is 0 Å². The molecule has 1 aliphatic rings. The molecule has 0 aromatic heterocycles. The summed E-state index contributed by atoms with van der Waals surface area (Å²) < 4.78 is 0. The Balaban J connectivity index is 1.96. The van der Waals surface area contributed by atoms with E-state index in [1.807, 2.05) is 49.0 Å². The van der Waals surface area contributed by atoms with Crippen molar-refractivity contribution in [3.8, 4) is 0 Å². The first-order chi connectivity index (χ1) is 8.72. The molecule has 98 valence electrons. The van der Waals surface area contributed by atoms with Crippen LogP contribution in [0.3, 0.4) is 0 Å². The number of Topliss-reactive ketones (excluding diaryl/α,β-unsaturated/α-hetero) is 1. The summed E-state index contributed by atoms with van der Waals surface area (Å²) in [7, 11) is 0. The van der Waals surface area contributed by atoms with Crippen LogP contribution in [0.25, 0.3) is 0 Å². The van der Waals surface area contributed by atoms with Crippen LogP contribution in [0.15, 0.2) is 30.3 Å². The Bertz CT molecular complexity index is 385. The summed E-state index contributed by atoms with van der Waals surface area (Å²) in [6.07, 6.45) is 4.58. The van der Waals surface area contributed by atoms with E-state index in [9.17, 15) is 4.79 Å². The van der Waals surface area contributed by atoms with E-state index >= 15 is 0 Å². The molecule has 0 aliphatic carbocycles. The Labute approximate surface area is 114 Å². The largest absolute Gasteiger partial charge is 0.293 e. The molecular formula is C15H21NOS. The van der Waals surface area contributed by atoms with Gasteiger partial charge in [0.2, 0.25) is 0 Å². The number of carbonyl (C=O) groups is 1. The molecule has 1 fully saturated rings. The zero-order valence-electron chi connectivity index (χ0n) is 11.1. The summed E-state index contributed by atoms with van der Waals surface area (Å²) in [6, 6.07) is 9.64. The Morgan fingerprint density at radius 2 is 1.89 bits per heavy atom. The van der Waals surface area contributed by atoms with E-state index in [0.29, 0.717) is 0 Å². The van der Waals surface area contributed by atoms with Gasteiger partial charge in [0, 0.05) is 10.8 Å². The monoisotopic (exact) mass is 263 g/mol. The van der Waals surface area contributed by atoms with Crippen molar-refractivity contribution >= 4 is 17.5 Å². The molecule has 1 aromatic carbocycles. The van der Waals surface area contributed by atoms with Crippen LogP contribution < -0.4 is 0 Å². The van der Waals surface area contributed by atoms with Crippen LogP contribution in [-0.4, -0.2) is 41.3 Å². The van der Waals surface area contributed by atoms with Gasteiger partial charge in [-0.05, 0) is 39.1 Å². The molecule has 0 saturated carbocycles. The van der Waals surface area contributed by atoms with Crippen LogP contribution in [0.1, 0.15) is 30.1 Å². The maximum atomic E-state index is 12.3. The Hall–Kier alpha value is -0.800. The van der Waals surface area contributed by atoms with E-state index in [2.05, 4.69) is 11.2 Å². The lowest BCUT2D eigenvalue weighted by Crippen LogP contribution is -2.44. The fraction of sp³-hybridized carbons (Fsp3) is 0.533. The quantitative estimate of drug-likeness (QED) is 0.779. The van der Waals surface area contributed by atoms with E-state index in [1.165, 1.54) is 12.8 Å². The van der Waals surface area contributed by atoms with E-state index in [-0.39, 0.29) is 11.8 Å². The van der Waals surface area contributed by atoms with E-state index in [0.717, 1.165) is 23.9 Å². The lowest BCUT2D eigenvalue weighted by Gasteiger charge is -2.34. The van der Waals surface area contributed by atoms with Crippen molar-refractivity contribution in [1.29, 1.82) is 0 Å². The fourth-order valence-electron chi connectivity index (χ4n) is 2.51. The predicted octanol–water partition coefficient (Wildman–Crippen LogP) is 3.09. The number of ketones is 1. The van der Waals surface area contributed by atoms with E-state index < -0.39 is 0 Å². The average molecular weight is 263 g/mol. The molecule has 1 atom stereocenters. The third kappa shape index (κ3) is 3.15. The lowest BCUT2D eigenvalue weighted by molar-refractivity contribution is 0.0812. The molecule has 0 radical (unpaired) electrons. The maximum absolute atomic E-state index is 12.3. The molecule has 1 aliphatic heterocycles. The Morgan fingerprint density at radius 3 is 2.44 bits per heavy atom. The van der Waals surface area contributed by atoms with Crippen LogP contribution in [-0.2, 0) is 0 Å². The first kappa shape index (κ1) is 13.6. The molecule has 1 unspecified atom stereocenters. The third-order valence-electron chi connectivity index (χ3n) is 3.80. The molecule has 1 heterocycles. The first-order valence-electron chi connectivity index (χ1n) is 6.58. The number of likely N-dealkylation sites (tertiary alicyclic amines) is 1. The second-order valence-electron chi connectivity index (χ2n) is 4.88. The molecule has 2 nitrogen and oxygen atoms in total. The Kier molecular flexibility index (Phi) is 4.84. The highest BCUT2D eigenvalue weighted by atomic mass is 32.2. The van der Waals surface area contributed by atoms with Gasteiger partial charge >= 0.3 is 0 Å². The van der Waals surface area contributed by atoms with Gasteiger partial charge < -0.3 is 0 Å². The lowest BCUT2D eigenvalue weighted by atomic mass is 10.0. The zero-order chi connectivity index (χ0) is 13.0. The molecule has 3 heteroatoms. The molecule has 0 bridgehead atoms. The van der Waals surface area contributed by atoms with Crippen molar-refractivity contribution in [3.05, 3.63) is 35.9 Å². The highest BCUT2D eigenvalue weighted by Gasteiger charge is 2.26. The summed E-state index contributed by atoms with van der Waals surface area (Å²) in [5.41, 5.74) is 0.831. The Morgan fingerprint density at radius 1 is 1.28 bits per heavy atom. The van der Waals surface area contributed by atoms with Gasteiger partial charge in [0.1, 0.15) is 0 Å². The topological polar surface area (TPSA) is 20.3 Å². The number of hydrogen-bond donors (Lipinski definition) is 0. The standard InChI is InChI=1S/C15H21NOS/c1-12(15(17)13-6-4-3-5-7-13)16-10-8-14(18-2)9-11-16/h3-7,12,14H,8-11H2,1-2H3. The van der Waals surface area contributed by atoms with Crippen molar-refractivity contribution in [2.75, 3.05) is 19.3 Å². The molecule has 1 saturated heterocycles. The van der Waals surface area contributed by atoms with Crippen molar-refractivity contribution in [3.63, 3.8) is 0 Å². The number of rotatable bonds is 4. The van der Waals surface area contributed by atoms with Crippen molar-refractivity contribution in [2.45, 2.75) is 31.1 Å². The molecule has 0 N–H and O–H groups in total. The highest BCUT2D eigenvalue weighted by Crippen LogP contribution is 2.23. The smallest absolute Gasteiger partial charge is 0.179 e. The van der Waals surface area contributed by atoms with Gasteiger partial charge in [-0.25, -0.2) is 0 Å². The minimum atomic E-state index is 0.00945. The molecule has 18 heavy (non-hydrogen) atoms. The minimum Gasteiger partial charge on any atom is -0.293 e. The summed E-state index contributed by atoms with van der Waals surface area (Å²) in [5, 5.41) is 0.778. The predicted molar refractivity (Wildman–Crippen MR) is 78.3 cm³/mol. The molecular weight excluding hydrogens is 242 g/mol. The molecule has 0 spiro atoms. The number of benzene rings is 1. The SMILES string of the molecule is CSC1CCN(C(C)C(=O)c2ccccc2)CC1. The molecule has 1 aromatic rings. The van der Waals surface area contributed by atoms with Gasteiger partial charge in [0.15, 0.2) is 5.78 Å². The van der Waals surface area contributed by atoms with Gasteiger partial charge in [-0.3, -0.25) is 9.69 Å². The zero-order valence-corrected chi connectivity index (χ0v) is 12.0. The minimum absolute atomic E-state index is 0.00945.